The lowest BCUT2D eigenvalue weighted by Crippen LogP contribution is -2.41. The number of hydrogen-bond acceptors (Lipinski definition) is 2. The third-order valence-corrected chi connectivity index (χ3v) is 16.7. The van der Waals surface area contributed by atoms with Gasteiger partial charge in [-0.25, -0.2) is 0 Å². The fraction of sp³-hybridized carbons (Fsp3) is 0.0882. The molecule has 1 aromatic heterocycles. The van der Waals surface area contributed by atoms with Crippen LogP contribution in [0.3, 0.4) is 0 Å². The van der Waals surface area contributed by atoms with Crippen molar-refractivity contribution in [2.45, 2.75) is 23.2 Å². The second kappa shape index (κ2) is 15.0. The topological polar surface area (TPSA) is 16.4 Å². The highest BCUT2D eigenvalue weighted by molar-refractivity contribution is 6.10. The summed E-state index contributed by atoms with van der Waals surface area (Å²) in [6, 6.07) is 79.2. The quantitative estimate of drug-likeness (QED) is 0.165. The van der Waals surface area contributed by atoms with E-state index in [1.165, 1.54) is 72.6 Å². The number of anilines is 2. The maximum absolute atomic E-state index is 6.69. The van der Waals surface area contributed by atoms with Crippen molar-refractivity contribution >= 4 is 33.3 Å². The minimum absolute atomic E-state index is 0.204. The first-order valence-electron chi connectivity index (χ1n) is 24.9. The van der Waals surface area contributed by atoms with Crippen molar-refractivity contribution in [1.29, 1.82) is 0 Å². The average Bonchev–Trinajstić information content (AvgIpc) is 4.15. The molecule has 1 spiro atoms. The predicted octanol–water partition coefficient (Wildman–Crippen LogP) is 17.0. The molecule has 70 heavy (non-hydrogen) atoms. The molecule has 10 aromatic rings. The highest BCUT2D eigenvalue weighted by Crippen LogP contribution is 2.66. The van der Waals surface area contributed by atoms with Crippen LogP contribution in [-0.4, -0.2) is 0 Å². The minimum Gasteiger partial charge on any atom is -0.455 e. The van der Waals surface area contributed by atoms with Gasteiger partial charge in [0.25, 0.3) is 0 Å². The Bertz CT molecular complexity index is 3850. The number of nitrogens with zero attached hydrogens (tertiary/aromatic N) is 1. The number of allylic oxidation sites excluding steroid dienone is 7. The maximum atomic E-state index is 6.69. The molecule has 5 aliphatic rings. The number of para-hydroxylation sites is 2. The Labute approximate surface area is 408 Å². The van der Waals surface area contributed by atoms with E-state index in [0.29, 0.717) is 5.92 Å². The number of benzene rings is 9. The number of furan rings is 1. The summed E-state index contributed by atoms with van der Waals surface area (Å²) in [7, 11) is 0. The van der Waals surface area contributed by atoms with Crippen molar-refractivity contribution in [3.8, 4) is 33.4 Å². The van der Waals surface area contributed by atoms with E-state index in [9.17, 15) is 0 Å². The normalized spacial score (nSPS) is 20.5. The Morgan fingerprint density at radius 3 is 1.87 bits per heavy atom. The molecule has 0 aliphatic heterocycles. The molecule has 1 heterocycles. The lowest BCUT2D eigenvalue weighted by molar-refractivity contribution is 0.300. The summed E-state index contributed by atoms with van der Waals surface area (Å²) in [5, 5.41) is 2.26. The molecule has 4 atom stereocenters. The second-order valence-electron chi connectivity index (χ2n) is 19.7. The van der Waals surface area contributed by atoms with E-state index < -0.39 is 5.41 Å². The van der Waals surface area contributed by atoms with Crippen LogP contribution in [0.25, 0.3) is 55.3 Å². The molecule has 0 saturated heterocycles. The number of hydrogen-bond donors (Lipinski definition) is 0. The average molecular weight is 894 g/mol. The van der Waals surface area contributed by atoms with Crippen LogP contribution in [0.5, 0.6) is 0 Å². The van der Waals surface area contributed by atoms with E-state index in [2.05, 4.69) is 260 Å². The fourth-order valence-corrected chi connectivity index (χ4v) is 14.1. The molecule has 330 valence electrons. The SMILES string of the molecule is C1=CC2c3ccccc3C(c3ccccc3)(C3C=CC(N(c4cccc(-c5cccc6c5oc5ccccc56)c4)c4cccc5c4C4(c6ccccc6-c6ccccc64)c4ccccc4-5)=CC3)C2C=C1. The van der Waals surface area contributed by atoms with Crippen molar-refractivity contribution in [2.75, 3.05) is 4.90 Å². The molecule has 0 fully saturated rings. The molecule has 4 unspecified atom stereocenters. The maximum Gasteiger partial charge on any atom is 0.143 e. The van der Waals surface area contributed by atoms with E-state index in [1.54, 1.807) is 0 Å². The third-order valence-electron chi connectivity index (χ3n) is 16.7. The number of fused-ring (bicyclic) bond motifs is 16. The van der Waals surface area contributed by atoms with Crippen LogP contribution in [0, 0.1) is 11.8 Å². The van der Waals surface area contributed by atoms with E-state index in [0.717, 1.165) is 45.2 Å². The molecule has 15 rings (SSSR count). The number of rotatable bonds is 6. The van der Waals surface area contributed by atoms with Crippen molar-refractivity contribution in [3.05, 3.63) is 299 Å². The molecule has 2 heteroatoms. The van der Waals surface area contributed by atoms with Crippen LogP contribution in [0.2, 0.25) is 0 Å². The van der Waals surface area contributed by atoms with Crippen molar-refractivity contribution < 1.29 is 4.42 Å². The molecular formula is C68H47NO. The van der Waals surface area contributed by atoms with Crippen LogP contribution in [0.4, 0.5) is 11.4 Å². The Hall–Kier alpha value is -8.46. The highest BCUT2D eigenvalue weighted by Gasteiger charge is 2.56. The predicted molar refractivity (Wildman–Crippen MR) is 288 cm³/mol. The third kappa shape index (κ3) is 5.23. The van der Waals surface area contributed by atoms with Gasteiger partial charge in [0.05, 0.1) is 11.1 Å². The van der Waals surface area contributed by atoms with Gasteiger partial charge in [-0.2, -0.15) is 0 Å². The molecule has 0 saturated carbocycles. The lowest BCUT2D eigenvalue weighted by atomic mass is 9.58. The van der Waals surface area contributed by atoms with Gasteiger partial charge in [0, 0.05) is 50.5 Å². The van der Waals surface area contributed by atoms with Crippen LogP contribution < -0.4 is 4.90 Å². The molecule has 9 aromatic carbocycles. The first-order valence-corrected chi connectivity index (χ1v) is 24.9. The van der Waals surface area contributed by atoms with E-state index in [1.807, 2.05) is 0 Å². The smallest absolute Gasteiger partial charge is 0.143 e. The van der Waals surface area contributed by atoms with Gasteiger partial charge in [0.1, 0.15) is 11.2 Å². The summed E-state index contributed by atoms with van der Waals surface area (Å²) in [4.78, 5) is 2.58. The standard InChI is InChI=1S/C68H47NO/c1-2-20-45(21-3-1)67(58-32-10-4-23-50(58)51-24-5-11-33-59(51)67)46-39-41-47(42-40-46)69(48-22-16-19-44(43-48)49-29-17-31-57-55-28-9-15-38-64(55)70-66(49)57)63-37-18-30-56-54-27-8-14-36-62(54)68(65(56)63)60-34-12-6-25-52(60)53-26-7-13-35-61(53)68/h1-39,41-43,46,50,58H,40H2. The summed E-state index contributed by atoms with van der Waals surface area (Å²) in [5.74, 6) is 0.807. The molecule has 2 nitrogen and oxygen atoms in total. The zero-order chi connectivity index (χ0) is 46.0. The summed E-state index contributed by atoms with van der Waals surface area (Å²) >= 11 is 0. The highest BCUT2D eigenvalue weighted by atomic mass is 16.3. The second-order valence-corrected chi connectivity index (χ2v) is 19.7. The first-order chi connectivity index (χ1) is 34.7. The minimum atomic E-state index is -0.534. The Balaban J connectivity index is 0.962. The van der Waals surface area contributed by atoms with Gasteiger partial charge in [-0.3, -0.25) is 0 Å². The van der Waals surface area contributed by atoms with Crippen LogP contribution in [0.1, 0.15) is 51.3 Å². The van der Waals surface area contributed by atoms with E-state index >= 15 is 0 Å². The van der Waals surface area contributed by atoms with Gasteiger partial charge in [0.15, 0.2) is 0 Å². The zero-order valence-electron chi connectivity index (χ0n) is 38.5. The van der Waals surface area contributed by atoms with Gasteiger partial charge >= 0.3 is 0 Å². The summed E-state index contributed by atoms with van der Waals surface area (Å²) < 4.78 is 6.69. The van der Waals surface area contributed by atoms with Crippen molar-refractivity contribution in [3.63, 3.8) is 0 Å². The van der Waals surface area contributed by atoms with Gasteiger partial charge in [-0.1, -0.05) is 225 Å². The Morgan fingerprint density at radius 2 is 1.10 bits per heavy atom. The summed E-state index contributed by atoms with van der Waals surface area (Å²) in [5.41, 5.74) is 21.4. The first kappa shape index (κ1) is 39.5. The molecule has 5 aliphatic carbocycles. The van der Waals surface area contributed by atoms with Gasteiger partial charge in [-0.15, -0.1) is 0 Å². The van der Waals surface area contributed by atoms with E-state index in [4.69, 9.17) is 4.42 Å². The van der Waals surface area contributed by atoms with Crippen LogP contribution in [0.15, 0.2) is 265 Å². The Kier molecular flexibility index (Phi) is 8.48. The monoisotopic (exact) mass is 893 g/mol. The zero-order valence-corrected chi connectivity index (χ0v) is 38.5. The van der Waals surface area contributed by atoms with Crippen molar-refractivity contribution in [2.24, 2.45) is 11.8 Å². The summed E-state index contributed by atoms with van der Waals surface area (Å²) in [6.07, 6.45) is 17.9. The van der Waals surface area contributed by atoms with Crippen LogP contribution >= 0.6 is 0 Å². The summed E-state index contributed by atoms with van der Waals surface area (Å²) in [6.45, 7) is 0. The van der Waals surface area contributed by atoms with Gasteiger partial charge in [0.2, 0.25) is 0 Å². The Morgan fingerprint density at radius 1 is 0.486 bits per heavy atom. The van der Waals surface area contributed by atoms with Crippen LogP contribution in [-0.2, 0) is 10.8 Å². The molecular weight excluding hydrogens is 847 g/mol. The van der Waals surface area contributed by atoms with Gasteiger partial charge in [-0.05, 0) is 104 Å². The molecule has 0 N–H and O–H groups in total. The largest absolute Gasteiger partial charge is 0.455 e. The molecule has 0 radical (unpaired) electrons. The molecule has 0 amide bonds. The fourth-order valence-electron chi connectivity index (χ4n) is 14.1. The molecule has 0 bridgehead atoms. The van der Waals surface area contributed by atoms with E-state index in [-0.39, 0.29) is 17.3 Å². The van der Waals surface area contributed by atoms with Gasteiger partial charge < -0.3 is 9.32 Å². The lowest BCUT2D eigenvalue weighted by Gasteiger charge is -2.44. The van der Waals surface area contributed by atoms with Crippen molar-refractivity contribution in [1.82, 2.24) is 0 Å².